The molecule has 0 heterocycles. The van der Waals surface area contributed by atoms with Crippen LogP contribution < -0.4 is 4.74 Å². The van der Waals surface area contributed by atoms with E-state index < -0.39 is 9.05 Å². The molecule has 0 N–H and O–H groups in total. The van der Waals surface area contributed by atoms with Crippen molar-refractivity contribution >= 4 is 42.9 Å². The van der Waals surface area contributed by atoms with Gasteiger partial charge in [0.05, 0.1) is 12.4 Å². The maximum absolute atomic E-state index is 10.6. The molecule has 1 rings (SSSR count). The molecule has 0 fully saturated rings. The monoisotopic (exact) mass is 302 g/mol. The van der Waals surface area contributed by atoms with Crippen molar-refractivity contribution in [2.24, 2.45) is 0 Å². The van der Waals surface area contributed by atoms with E-state index in [9.17, 15) is 8.42 Å². The fourth-order valence-corrected chi connectivity index (χ4v) is 2.33. The Morgan fingerprint density at radius 1 is 1.12 bits per heavy atom. The normalized spacial score (nSPS) is 11.4. The quantitative estimate of drug-likeness (QED) is 0.619. The van der Waals surface area contributed by atoms with Gasteiger partial charge in [-0.15, -0.1) is 0 Å². The number of rotatable bonds is 5. The molecule has 0 bridgehead atoms. The van der Waals surface area contributed by atoms with Crippen molar-refractivity contribution in [3.63, 3.8) is 0 Å². The largest absolute Gasteiger partial charge is 0.493 e. The summed E-state index contributed by atoms with van der Waals surface area (Å²) in [5.41, 5.74) is 0. The lowest BCUT2D eigenvalue weighted by atomic mass is 10.3. The minimum atomic E-state index is -3.45. The molecule has 90 valence electrons. The third-order valence-corrected chi connectivity index (χ3v) is 3.31. The number of benzene rings is 1. The van der Waals surface area contributed by atoms with Crippen LogP contribution in [-0.2, 0) is 9.05 Å². The van der Waals surface area contributed by atoms with E-state index in [-0.39, 0.29) is 12.4 Å². The highest BCUT2D eigenvalue weighted by Crippen LogP contribution is 2.24. The summed E-state index contributed by atoms with van der Waals surface area (Å²) in [6, 6.07) is 4.78. The van der Waals surface area contributed by atoms with Crippen LogP contribution in [0.5, 0.6) is 5.75 Å². The van der Waals surface area contributed by atoms with Crippen LogP contribution in [0.1, 0.15) is 6.42 Å². The van der Waals surface area contributed by atoms with Gasteiger partial charge in [0.1, 0.15) is 5.75 Å². The third kappa shape index (κ3) is 5.80. The molecule has 0 aliphatic rings. The molecule has 0 spiro atoms. The van der Waals surface area contributed by atoms with Crippen LogP contribution in [0.4, 0.5) is 0 Å². The van der Waals surface area contributed by atoms with Crippen molar-refractivity contribution in [1.82, 2.24) is 0 Å². The first-order valence-electron chi connectivity index (χ1n) is 4.38. The highest BCUT2D eigenvalue weighted by molar-refractivity contribution is 8.13. The minimum absolute atomic E-state index is 0.122. The first-order valence-corrected chi connectivity index (χ1v) is 7.61. The van der Waals surface area contributed by atoms with E-state index in [1.54, 1.807) is 18.2 Å². The molecule has 0 aromatic heterocycles. The van der Waals surface area contributed by atoms with Crippen LogP contribution in [0.15, 0.2) is 18.2 Å². The van der Waals surface area contributed by atoms with E-state index in [2.05, 4.69) is 0 Å². The lowest BCUT2D eigenvalue weighted by molar-refractivity contribution is 0.318. The number of ether oxygens (including phenoxy) is 1. The first kappa shape index (κ1) is 13.9. The Morgan fingerprint density at radius 3 is 2.19 bits per heavy atom. The summed E-state index contributed by atoms with van der Waals surface area (Å²) in [4.78, 5) is 0. The average Bonchev–Trinajstić information content (AvgIpc) is 2.09. The van der Waals surface area contributed by atoms with E-state index in [1.807, 2.05) is 0 Å². The van der Waals surface area contributed by atoms with E-state index in [1.165, 1.54) is 0 Å². The maximum atomic E-state index is 10.6. The second-order valence-electron chi connectivity index (χ2n) is 3.05. The van der Waals surface area contributed by atoms with Crippen LogP contribution in [0.3, 0.4) is 0 Å². The number of hydrogen-bond acceptors (Lipinski definition) is 3. The molecule has 3 nitrogen and oxygen atoms in total. The molecule has 1 aromatic carbocycles. The predicted octanol–water partition coefficient (Wildman–Crippen LogP) is 3.33. The summed E-state index contributed by atoms with van der Waals surface area (Å²) in [5, 5.41) is 0.930. The van der Waals surface area contributed by atoms with Gasteiger partial charge in [-0.2, -0.15) is 0 Å². The molecule has 0 aliphatic heterocycles. The second kappa shape index (κ2) is 5.96. The Hall–Kier alpha value is -0.160. The van der Waals surface area contributed by atoms with Crippen molar-refractivity contribution in [3.05, 3.63) is 28.2 Å². The highest BCUT2D eigenvalue weighted by atomic mass is 35.7. The van der Waals surface area contributed by atoms with Crippen molar-refractivity contribution < 1.29 is 13.2 Å². The Balaban J connectivity index is 2.43. The molecule has 1 aromatic rings. The fraction of sp³-hybridized carbons (Fsp3) is 0.333. The minimum Gasteiger partial charge on any atom is -0.493 e. The highest BCUT2D eigenvalue weighted by Gasteiger charge is 2.05. The molecule has 0 saturated carbocycles. The van der Waals surface area contributed by atoms with E-state index in [4.69, 9.17) is 38.6 Å². The van der Waals surface area contributed by atoms with Crippen LogP contribution in [0.2, 0.25) is 10.0 Å². The summed E-state index contributed by atoms with van der Waals surface area (Å²) >= 11 is 11.5. The molecule has 0 radical (unpaired) electrons. The van der Waals surface area contributed by atoms with Gasteiger partial charge in [0.25, 0.3) is 0 Å². The second-order valence-corrected chi connectivity index (χ2v) is 6.82. The number of halogens is 3. The molecule has 16 heavy (non-hydrogen) atoms. The summed E-state index contributed by atoms with van der Waals surface area (Å²) < 4.78 is 26.5. The number of hydrogen-bond donors (Lipinski definition) is 0. The van der Waals surface area contributed by atoms with Crippen LogP contribution in [-0.4, -0.2) is 20.8 Å². The Bertz CT molecular complexity index is 439. The predicted molar refractivity (Wildman–Crippen MR) is 66.2 cm³/mol. The topological polar surface area (TPSA) is 43.4 Å². The van der Waals surface area contributed by atoms with E-state index in [0.717, 1.165) is 0 Å². The molecule has 0 unspecified atom stereocenters. The van der Waals surface area contributed by atoms with Crippen molar-refractivity contribution in [2.75, 3.05) is 12.4 Å². The Kier molecular flexibility index (Phi) is 5.18. The van der Waals surface area contributed by atoms with Crippen molar-refractivity contribution in [1.29, 1.82) is 0 Å². The fourth-order valence-electron chi connectivity index (χ4n) is 1.03. The standard InChI is InChI=1S/C9H9Cl3O3S/c10-7-4-8(11)6-9(5-7)15-2-1-3-16(12,13)14/h4-6H,1-3H2. The molecule has 0 atom stereocenters. The van der Waals surface area contributed by atoms with E-state index >= 15 is 0 Å². The van der Waals surface area contributed by atoms with Gasteiger partial charge in [-0.3, -0.25) is 0 Å². The Labute approximate surface area is 109 Å². The zero-order valence-electron chi connectivity index (χ0n) is 8.12. The molecular formula is C9H9Cl3O3S. The Morgan fingerprint density at radius 2 is 1.69 bits per heavy atom. The molecule has 0 aliphatic carbocycles. The zero-order chi connectivity index (χ0) is 12.2. The first-order chi connectivity index (χ1) is 7.37. The van der Waals surface area contributed by atoms with Crippen LogP contribution in [0, 0.1) is 0 Å². The van der Waals surface area contributed by atoms with Gasteiger partial charge in [0.2, 0.25) is 9.05 Å². The van der Waals surface area contributed by atoms with Gasteiger partial charge in [0, 0.05) is 20.7 Å². The lowest BCUT2D eigenvalue weighted by Crippen LogP contribution is -2.04. The van der Waals surface area contributed by atoms with Gasteiger partial charge in [-0.05, 0) is 24.6 Å². The third-order valence-electron chi connectivity index (χ3n) is 1.64. The SMILES string of the molecule is O=S(=O)(Cl)CCCOc1cc(Cl)cc(Cl)c1. The van der Waals surface area contributed by atoms with Gasteiger partial charge >= 0.3 is 0 Å². The summed E-state index contributed by atoms with van der Waals surface area (Å²) in [7, 11) is 1.59. The maximum Gasteiger partial charge on any atom is 0.232 e. The molecular weight excluding hydrogens is 295 g/mol. The molecule has 0 saturated heterocycles. The van der Waals surface area contributed by atoms with Gasteiger partial charge in [0.15, 0.2) is 0 Å². The zero-order valence-corrected chi connectivity index (χ0v) is 11.2. The van der Waals surface area contributed by atoms with Crippen molar-refractivity contribution in [3.8, 4) is 5.75 Å². The van der Waals surface area contributed by atoms with Gasteiger partial charge in [-0.1, -0.05) is 23.2 Å². The van der Waals surface area contributed by atoms with Crippen molar-refractivity contribution in [2.45, 2.75) is 6.42 Å². The molecule has 0 amide bonds. The van der Waals surface area contributed by atoms with Crippen LogP contribution in [0.25, 0.3) is 0 Å². The summed E-state index contributed by atoms with van der Waals surface area (Å²) in [6.45, 7) is 0.239. The van der Waals surface area contributed by atoms with Gasteiger partial charge < -0.3 is 4.74 Å². The van der Waals surface area contributed by atoms with Crippen LogP contribution >= 0.6 is 33.9 Å². The lowest BCUT2D eigenvalue weighted by Gasteiger charge is -2.06. The van der Waals surface area contributed by atoms with E-state index in [0.29, 0.717) is 22.2 Å². The van der Waals surface area contributed by atoms with Gasteiger partial charge in [-0.25, -0.2) is 8.42 Å². The summed E-state index contributed by atoms with van der Waals surface area (Å²) in [5.74, 6) is 0.382. The smallest absolute Gasteiger partial charge is 0.232 e. The summed E-state index contributed by atoms with van der Waals surface area (Å²) in [6.07, 6.45) is 0.315. The molecule has 7 heteroatoms. The average molecular weight is 304 g/mol.